The molecular weight excluding hydrogens is 346 g/mol. The quantitative estimate of drug-likeness (QED) is 0.687. The fourth-order valence-corrected chi connectivity index (χ4v) is 2.58. The number of benzene rings is 2. The Labute approximate surface area is 160 Å². The van der Waals surface area contributed by atoms with Crippen LogP contribution in [0.25, 0.3) is 0 Å². The van der Waals surface area contributed by atoms with Gasteiger partial charge in [-0.2, -0.15) is 0 Å². The Morgan fingerprint density at radius 2 is 1.56 bits per heavy atom. The molecule has 0 spiro atoms. The topological polar surface area (TPSA) is 66.0 Å². The van der Waals surface area contributed by atoms with Gasteiger partial charge in [-0.05, 0) is 50.6 Å². The molecule has 0 radical (unpaired) electrons. The van der Waals surface area contributed by atoms with Gasteiger partial charge in [-0.1, -0.05) is 18.2 Å². The van der Waals surface area contributed by atoms with Crippen LogP contribution in [0.1, 0.15) is 32.4 Å². The maximum absolute atomic E-state index is 12.2. The zero-order valence-electron chi connectivity index (χ0n) is 16.3. The average molecular weight is 373 g/mol. The number of methoxy groups -OCH3 is 1. The third-order valence-corrected chi connectivity index (χ3v) is 3.87. The van der Waals surface area contributed by atoms with Crippen molar-refractivity contribution in [3.05, 3.63) is 48.0 Å². The van der Waals surface area contributed by atoms with Crippen molar-refractivity contribution >= 4 is 5.91 Å². The highest BCUT2D eigenvalue weighted by Crippen LogP contribution is 2.31. The maximum Gasteiger partial charge on any atom is 0.258 e. The molecule has 1 atom stereocenters. The Morgan fingerprint density at radius 1 is 0.926 bits per heavy atom. The Hall–Kier alpha value is -2.89. The second kappa shape index (κ2) is 10.3. The Balaban J connectivity index is 1.98. The first kappa shape index (κ1) is 20.4. The fourth-order valence-electron chi connectivity index (χ4n) is 2.58. The predicted octanol–water partition coefficient (Wildman–Crippen LogP) is 3.75. The molecule has 2 aromatic rings. The number of para-hydroxylation sites is 2. The van der Waals surface area contributed by atoms with Gasteiger partial charge in [0.25, 0.3) is 5.91 Å². The number of carbonyl (C=O) groups is 1. The van der Waals surface area contributed by atoms with Gasteiger partial charge in [0, 0.05) is 0 Å². The Morgan fingerprint density at radius 3 is 2.22 bits per heavy atom. The molecule has 1 unspecified atom stereocenters. The van der Waals surface area contributed by atoms with Gasteiger partial charge >= 0.3 is 0 Å². The van der Waals surface area contributed by atoms with E-state index in [4.69, 9.17) is 18.9 Å². The van der Waals surface area contributed by atoms with E-state index in [1.165, 1.54) is 0 Å². The van der Waals surface area contributed by atoms with E-state index in [9.17, 15) is 4.79 Å². The van der Waals surface area contributed by atoms with Gasteiger partial charge < -0.3 is 24.3 Å². The predicted molar refractivity (Wildman–Crippen MR) is 104 cm³/mol. The molecule has 0 fully saturated rings. The number of amides is 1. The monoisotopic (exact) mass is 373 g/mol. The summed E-state index contributed by atoms with van der Waals surface area (Å²) in [7, 11) is 1.56. The van der Waals surface area contributed by atoms with Gasteiger partial charge in [-0.25, -0.2) is 0 Å². The number of ether oxygens (including phenoxy) is 4. The number of nitrogens with one attached hydrogen (secondary N) is 1. The molecule has 0 aliphatic heterocycles. The summed E-state index contributed by atoms with van der Waals surface area (Å²) in [6.45, 7) is 6.76. The van der Waals surface area contributed by atoms with Crippen molar-refractivity contribution in [1.29, 1.82) is 0 Å². The molecule has 0 saturated heterocycles. The van der Waals surface area contributed by atoms with Crippen LogP contribution in [-0.4, -0.2) is 32.8 Å². The first-order valence-electron chi connectivity index (χ1n) is 9.03. The molecule has 0 aliphatic carbocycles. The SMILES string of the molecule is CCOc1ccc(C(C)NC(=O)COc2ccccc2OC)cc1OCC. The summed E-state index contributed by atoms with van der Waals surface area (Å²) in [5.74, 6) is 2.26. The molecule has 0 bridgehead atoms. The molecule has 146 valence electrons. The minimum Gasteiger partial charge on any atom is -0.493 e. The lowest BCUT2D eigenvalue weighted by Gasteiger charge is -2.18. The molecule has 0 heterocycles. The normalized spacial score (nSPS) is 11.4. The molecule has 6 heteroatoms. The van der Waals surface area contributed by atoms with Gasteiger partial charge in [0.15, 0.2) is 29.6 Å². The molecule has 2 aromatic carbocycles. The van der Waals surface area contributed by atoms with Gasteiger partial charge in [0.1, 0.15) is 0 Å². The summed E-state index contributed by atoms with van der Waals surface area (Å²) in [5.41, 5.74) is 0.924. The number of hydrogen-bond donors (Lipinski definition) is 1. The standard InChI is InChI=1S/C21H27NO5/c1-5-25-19-12-11-16(13-20(19)26-6-2)15(3)22-21(23)14-27-18-10-8-7-9-17(18)24-4/h7-13,15H,5-6,14H2,1-4H3,(H,22,23). The van der Waals surface area contributed by atoms with Crippen LogP contribution in [0.5, 0.6) is 23.0 Å². The lowest BCUT2D eigenvalue weighted by atomic mass is 10.1. The van der Waals surface area contributed by atoms with Gasteiger partial charge in [0.2, 0.25) is 0 Å². The third kappa shape index (κ3) is 5.81. The van der Waals surface area contributed by atoms with Crippen LogP contribution in [0.15, 0.2) is 42.5 Å². The van der Waals surface area contributed by atoms with Crippen LogP contribution in [0.4, 0.5) is 0 Å². The van der Waals surface area contributed by atoms with Gasteiger partial charge in [0.05, 0.1) is 26.4 Å². The second-order valence-corrected chi connectivity index (χ2v) is 5.80. The van der Waals surface area contributed by atoms with E-state index in [0.717, 1.165) is 5.56 Å². The van der Waals surface area contributed by atoms with Crippen molar-refractivity contribution in [3.63, 3.8) is 0 Å². The molecule has 1 amide bonds. The zero-order valence-corrected chi connectivity index (χ0v) is 16.3. The van der Waals surface area contributed by atoms with E-state index in [1.54, 1.807) is 19.2 Å². The molecule has 1 N–H and O–H groups in total. The van der Waals surface area contributed by atoms with Crippen LogP contribution in [0.2, 0.25) is 0 Å². The smallest absolute Gasteiger partial charge is 0.258 e. The lowest BCUT2D eigenvalue weighted by molar-refractivity contribution is -0.123. The molecular formula is C21H27NO5. The fraction of sp³-hybridized carbons (Fsp3) is 0.381. The van der Waals surface area contributed by atoms with E-state index in [2.05, 4.69) is 5.32 Å². The van der Waals surface area contributed by atoms with Crippen LogP contribution < -0.4 is 24.3 Å². The molecule has 2 rings (SSSR count). The van der Waals surface area contributed by atoms with Crippen LogP contribution in [-0.2, 0) is 4.79 Å². The summed E-state index contributed by atoms with van der Waals surface area (Å²) >= 11 is 0. The lowest BCUT2D eigenvalue weighted by Crippen LogP contribution is -2.31. The van der Waals surface area contributed by atoms with Gasteiger partial charge in [-0.3, -0.25) is 4.79 Å². The van der Waals surface area contributed by atoms with Crippen molar-refractivity contribution in [2.75, 3.05) is 26.9 Å². The highest BCUT2D eigenvalue weighted by Gasteiger charge is 2.14. The van der Waals surface area contributed by atoms with Crippen molar-refractivity contribution in [2.45, 2.75) is 26.8 Å². The van der Waals surface area contributed by atoms with E-state index in [0.29, 0.717) is 36.2 Å². The van der Waals surface area contributed by atoms with Crippen LogP contribution in [0, 0.1) is 0 Å². The van der Waals surface area contributed by atoms with E-state index < -0.39 is 0 Å². The van der Waals surface area contributed by atoms with E-state index >= 15 is 0 Å². The van der Waals surface area contributed by atoms with Crippen molar-refractivity contribution < 1.29 is 23.7 Å². The summed E-state index contributed by atoms with van der Waals surface area (Å²) in [4.78, 5) is 12.2. The summed E-state index contributed by atoms with van der Waals surface area (Å²) in [6, 6.07) is 12.7. The first-order valence-corrected chi connectivity index (χ1v) is 9.03. The summed E-state index contributed by atoms with van der Waals surface area (Å²) in [5, 5.41) is 2.92. The number of carbonyl (C=O) groups excluding carboxylic acids is 1. The van der Waals surface area contributed by atoms with Gasteiger partial charge in [-0.15, -0.1) is 0 Å². The molecule has 27 heavy (non-hydrogen) atoms. The van der Waals surface area contributed by atoms with E-state index in [1.807, 2.05) is 51.1 Å². The van der Waals surface area contributed by atoms with Crippen molar-refractivity contribution in [1.82, 2.24) is 5.32 Å². The summed E-state index contributed by atoms with van der Waals surface area (Å²) < 4.78 is 22.0. The van der Waals surface area contributed by atoms with Crippen molar-refractivity contribution in [3.8, 4) is 23.0 Å². The van der Waals surface area contributed by atoms with Crippen LogP contribution >= 0.6 is 0 Å². The van der Waals surface area contributed by atoms with E-state index in [-0.39, 0.29) is 18.6 Å². The zero-order chi connectivity index (χ0) is 19.6. The Kier molecular flexibility index (Phi) is 7.79. The molecule has 6 nitrogen and oxygen atoms in total. The minimum absolute atomic E-state index is 0.0972. The number of rotatable bonds is 10. The Bertz CT molecular complexity index is 747. The molecule has 0 aliphatic rings. The highest BCUT2D eigenvalue weighted by molar-refractivity contribution is 5.78. The second-order valence-electron chi connectivity index (χ2n) is 5.80. The third-order valence-electron chi connectivity index (χ3n) is 3.87. The van der Waals surface area contributed by atoms with Crippen LogP contribution in [0.3, 0.4) is 0 Å². The molecule has 0 aromatic heterocycles. The average Bonchev–Trinajstić information content (AvgIpc) is 2.68. The molecule has 0 saturated carbocycles. The number of hydrogen-bond acceptors (Lipinski definition) is 5. The first-order chi connectivity index (χ1) is 13.1. The highest BCUT2D eigenvalue weighted by atomic mass is 16.5. The maximum atomic E-state index is 12.2. The summed E-state index contributed by atoms with van der Waals surface area (Å²) in [6.07, 6.45) is 0. The minimum atomic E-state index is -0.222. The van der Waals surface area contributed by atoms with Crippen molar-refractivity contribution in [2.24, 2.45) is 0 Å². The largest absolute Gasteiger partial charge is 0.493 e.